The summed E-state index contributed by atoms with van der Waals surface area (Å²) in [5, 5.41) is 0. The molecule has 0 fully saturated rings. The lowest BCUT2D eigenvalue weighted by Gasteiger charge is -2.06. The van der Waals surface area contributed by atoms with Gasteiger partial charge in [-0.25, -0.2) is 0 Å². The van der Waals surface area contributed by atoms with Crippen LogP contribution in [-0.2, 0) is 6.42 Å². The molecular weight excluding hydrogens is 471 g/mol. The molecule has 0 aliphatic heterocycles. The fourth-order valence-corrected chi connectivity index (χ4v) is 3.01. The van der Waals surface area contributed by atoms with Gasteiger partial charge in [-0.3, -0.25) is 4.79 Å². The van der Waals surface area contributed by atoms with Crippen molar-refractivity contribution in [2.45, 2.75) is 6.42 Å². The van der Waals surface area contributed by atoms with Crippen molar-refractivity contribution in [2.24, 2.45) is 0 Å². The highest BCUT2D eigenvalue weighted by Gasteiger charge is 2.12. The number of hydrogen-bond donors (Lipinski definition) is 0. The van der Waals surface area contributed by atoms with Gasteiger partial charge in [0.2, 0.25) is 0 Å². The molecule has 0 N–H and O–H groups in total. The van der Waals surface area contributed by atoms with Gasteiger partial charge in [0, 0.05) is 24.5 Å². The summed E-state index contributed by atoms with van der Waals surface area (Å²) in [6.45, 7) is 0. The average molecular weight is 480 g/mol. The van der Waals surface area contributed by atoms with E-state index in [4.69, 9.17) is 0 Å². The van der Waals surface area contributed by atoms with Gasteiger partial charge < -0.3 is 0 Å². The minimum absolute atomic E-state index is 0.118. The number of carbonyl (C=O) groups is 1. The third-order valence-electron chi connectivity index (χ3n) is 2.54. The van der Waals surface area contributed by atoms with Crippen LogP contribution < -0.4 is 0 Å². The first-order valence-electron chi connectivity index (χ1n) is 5.29. The molecule has 2 aromatic carbocycles. The van der Waals surface area contributed by atoms with Crippen molar-refractivity contribution in [3.8, 4) is 0 Å². The predicted molar refractivity (Wildman–Crippen MR) is 89.0 cm³/mol. The van der Waals surface area contributed by atoms with Crippen molar-refractivity contribution in [1.82, 2.24) is 0 Å². The maximum Gasteiger partial charge on any atom is 0.168 e. The van der Waals surface area contributed by atoms with Gasteiger partial charge in [0.25, 0.3) is 0 Å². The molecule has 18 heavy (non-hydrogen) atoms. The van der Waals surface area contributed by atoms with Crippen LogP contribution in [-0.4, -0.2) is 5.78 Å². The van der Waals surface area contributed by atoms with Crippen LogP contribution in [0, 0.1) is 3.57 Å². The van der Waals surface area contributed by atoms with Crippen molar-refractivity contribution < 1.29 is 4.79 Å². The second kappa shape index (κ2) is 6.30. The molecule has 0 radical (unpaired) electrons. The van der Waals surface area contributed by atoms with Crippen LogP contribution in [0.5, 0.6) is 0 Å². The Morgan fingerprint density at radius 3 is 2.50 bits per heavy atom. The lowest BCUT2D eigenvalue weighted by Crippen LogP contribution is -2.05. The zero-order valence-corrected chi connectivity index (χ0v) is 14.6. The number of rotatable bonds is 3. The van der Waals surface area contributed by atoms with Crippen LogP contribution in [0.1, 0.15) is 15.9 Å². The van der Waals surface area contributed by atoms with Gasteiger partial charge in [0.1, 0.15) is 0 Å². The summed E-state index contributed by atoms with van der Waals surface area (Å²) in [7, 11) is 0. The van der Waals surface area contributed by atoms with E-state index in [0.717, 1.165) is 23.6 Å². The van der Waals surface area contributed by atoms with E-state index in [0.29, 0.717) is 6.42 Å². The van der Waals surface area contributed by atoms with E-state index in [1.165, 1.54) is 0 Å². The lowest BCUT2D eigenvalue weighted by atomic mass is 10.0. The number of hydrogen-bond acceptors (Lipinski definition) is 1. The SMILES string of the molecule is O=C(Cc1ccccc1Br)c1cc(I)ccc1Br. The zero-order chi connectivity index (χ0) is 13.1. The fraction of sp³-hybridized carbons (Fsp3) is 0.0714. The Morgan fingerprint density at radius 2 is 1.78 bits per heavy atom. The topological polar surface area (TPSA) is 17.1 Å². The van der Waals surface area contributed by atoms with Gasteiger partial charge in [-0.2, -0.15) is 0 Å². The molecular formula is C14H9Br2IO. The van der Waals surface area contributed by atoms with E-state index < -0.39 is 0 Å². The second-order valence-corrected chi connectivity index (χ2v) is 6.77. The summed E-state index contributed by atoms with van der Waals surface area (Å²) in [6.07, 6.45) is 0.403. The molecule has 2 aromatic rings. The fourth-order valence-electron chi connectivity index (χ4n) is 1.62. The normalized spacial score (nSPS) is 10.4. The molecule has 0 aromatic heterocycles. The first-order valence-corrected chi connectivity index (χ1v) is 7.96. The van der Waals surface area contributed by atoms with Gasteiger partial charge in [0.05, 0.1) is 0 Å². The minimum Gasteiger partial charge on any atom is -0.294 e. The first-order chi connectivity index (χ1) is 8.58. The Labute approximate surface area is 136 Å². The Kier molecular flexibility index (Phi) is 4.98. The molecule has 0 saturated carbocycles. The van der Waals surface area contributed by atoms with E-state index in [1.54, 1.807) is 0 Å². The van der Waals surface area contributed by atoms with Crippen molar-refractivity contribution >= 4 is 60.2 Å². The molecule has 0 heterocycles. The predicted octanol–water partition coefficient (Wildman–Crippen LogP) is 5.24. The molecule has 0 aliphatic rings. The van der Waals surface area contributed by atoms with Crippen LogP contribution in [0.2, 0.25) is 0 Å². The van der Waals surface area contributed by atoms with E-state index in [2.05, 4.69) is 54.5 Å². The van der Waals surface area contributed by atoms with Crippen molar-refractivity contribution in [2.75, 3.05) is 0 Å². The highest BCUT2D eigenvalue weighted by Crippen LogP contribution is 2.23. The van der Waals surface area contributed by atoms with Crippen molar-refractivity contribution in [3.05, 3.63) is 66.1 Å². The Morgan fingerprint density at radius 1 is 1.06 bits per heavy atom. The minimum atomic E-state index is 0.118. The van der Waals surface area contributed by atoms with Crippen molar-refractivity contribution in [3.63, 3.8) is 0 Å². The summed E-state index contributed by atoms with van der Waals surface area (Å²) in [5.74, 6) is 0.118. The van der Waals surface area contributed by atoms with Crippen LogP contribution in [0.25, 0.3) is 0 Å². The smallest absolute Gasteiger partial charge is 0.168 e. The molecule has 0 atom stereocenters. The summed E-state index contributed by atoms with van der Waals surface area (Å²) in [4.78, 5) is 12.3. The van der Waals surface area contributed by atoms with E-state index >= 15 is 0 Å². The molecule has 0 saturated heterocycles. The van der Waals surface area contributed by atoms with E-state index in [1.807, 2.05) is 42.5 Å². The second-order valence-electron chi connectivity index (χ2n) is 3.82. The van der Waals surface area contributed by atoms with Gasteiger partial charge in [-0.15, -0.1) is 0 Å². The molecule has 92 valence electrons. The summed E-state index contributed by atoms with van der Waals surface area (Å²) in [6, 6.07) is 13.6. The molecule has 0 unspecified atom stereocenters. The maximum atomic E-state index is 12.3. The van der Waals surface area contributed by atoms with Gasteiger partial charge >= 0.3 is 0 Å². The molecule has 0 aliphatic carbocycles. The van der Waals surface area contributed by atoms with Gasteiger partial charge in [-0.05, 0) is 52.4 Å². The van der Waals surface area contributed by atoms with Gasteiger partial charge in [-0.1, -0.05) is 50.1 Å². The third-order valence-corrected chi connectivity index (χ3v) is 4.67. The third kappa shape index (κ3) is 3.42. The molecule has 2 rings (SSSR count). The standard InChI is InChI=1S/C14H9Br2IO/c15-12-4-2-1-3-9(12)7-14(18)11-8-10(17)5-6-13(11)16/h1-6,8H,7H2. The maximum absolute atomic E-state index is 12.3. The summed E-state index contributed by atoms with van der Waals surface area (Å²) < 4.78 is 2.88. The van der Waals surface area contributed by atoms with Crippen LogP contribution in [0.4, 0.5) is 0 Å². The lowest BCUT2D eigenvalue weighted by molar-refractivity contribution is 0.0992. The van der Waals surface area contributed by atoms with Gasteiger partial charge in [0.15, 0.2) is 5.78 Å². The first kappa shape index (κ1) is 14.2. The van der Waals surface area contributed by atoms with Crippen LogP contribution in [0.15, 0.2) is 51.4 Å². The van der Waals surface area contributed by atoms with Crippen molar-refractivity contribution in [1.29, 1.82) is 0 Å². The molecule has 4 heteroatoms. The van der Waals surface area contributed by atoms with Crippen LogP contribution in [0.3, 0.4) is 0 Å². The zero-order valence-electron chi connectivity index (χ0n) is 9.29. The van der Waals surface area contributed by atoms with Crippen LogP contribution >= 0.6 is 54.5 Å². The summed E-state index contributed by atoms with van der Waals surface area (Å²) in [5.41, 5.74) is 1.74. The molecule has 1 nitrogen and oxygen atoms in total. The van der Waals surface area contributed by atoms with E-state index in [9.17, 15) is 4.79 Å². The number of carbonyl (C=O) groups excluding carboxylic acids is 1. The Balaban J connectivity index is 2.28. The molecule has 0 bridgehead atoms. The molecule has 0 spiro atoms. The number of ketones is 1. The van der Waals surface area contributed by atoms with E-state index in [-0.39, 0.29) is 5.78 Å². The summed E-state index contributed by atoms with van der Waals surface area (Å²) >= 11 is 9.10. The molecule has 0 amide bonds. The largest absolute Gasteiger partial charge is 0.294 e. The Hall–Kier alpha value is -0.200. The average Bonchev–Trinajstić information content (AvgIpc) is 2.35. The highest BCUT2D eigenvalue weighted by molar-refractivity contribution is 14.1. The number of Topliss-reactive ketones (excluding diaryl/α,β-unsaturated/α-hetero) is 1. The number of halogens is 3. The quantitative estimate of drug-likeness (QED) is 0.434. The number of benzene rings is 2. The Bertz CT molecular complexity index is 596. The highest BCUT2D eigenvalue weighted by atomic mass is 127. The monoisotopic (exact) mass is 478 g/mol.